The highest BCUT2D eigenvalue weighted by atomic mass is 35.5. The second kappa shape index (κ2) is 5.63. The number of carbonyl (C=O) groups excluding carboxylic acids is 1. The first-order valence-electron chi connectivity index (χ1n) is 4.97. The van der Waals surface area contributed by atoms with Gasteiger partial charge in [0.25, 0.3) is 0 Å². The van der Waals surface area contributed by atoms with Crippen LogP contribution in [-0.4, -0.2) is 22.0 Å². The number of aliphatic hydroxyl groups excluding tert-OH is 1. The number of carboxylic acids is 1. The number of halogens is 1. The summed E-state index contributed by atoms with van der Waals surface area (Å²) in [4.78, 5) is 21.9. The standard InChI is InChI=1S/C12H10ClNO4/c1-6(15)10(13)9-4-7(11(16)12(17)18)2-3-8(9)5-14/h2-4,10-11,16H,1H3,(H,17,18). The summed E-state index contributed by atoms with van der Waals surface area (Å²) in [6.07, 6.45) is -1.72. The number of hydrogen-bond donors (Lipinski definition) is 2. The number of nitrogens with zero attached hydrogens (tertiary/aromatic N) is 1. The average Bonchev–Trinajstić information content (AvgIpc) is 2.35. The third-order valence-corrected chi connectivity index (χ3v) is 2.92. The van der Waals surface area contributed by atoms with Crippen molar-refractivity contribution in [1.29, 1.82) is 5.26 Å². The van der Waals surface area contributed by atoms with Gasteiger partial charge in [0, 0.05) is 0 Å². The highest BCUT2D eigenvalue weighted by Gasteiger charge is 2.22. The van der Waals surface area contributed by atoms with E-state index >= 15 is 0 Å². The van der Waals surface area contributed by atoms with E-state index in [1.807, 2.05) is 6.07 Å². The van der Waals surface area contributed by atoms with Crippen LogP contribution in [0.1, 0.15) is 35.1 Å². The van der Waals surface area contributed by atoms with Gasteiger partial charge in [-0.05, 0) is 30.2 Å². The fourth-order valence-corrected chi connectivity index (χ4v) is 1.60. The zero-order chi connectivity index (χ0) is 13.9. The zero-order valence-corrected chi connectivity index (χ0v) is 10.2. The third-order valence-electron chi connectivity index (χ3n) is 2.38. The first kappa shape index (κ1) is 14.2. The van der Waals surface area contributed by atoms with E-state index < -0.39 is 17.5 Å². The molecule has 0 saturated heterocycles. The fourth-order valence-electron chi connectivity index (χ4n) is 1.42. The van der Waals surface area contributed by atoms with Gasteiger partial charge in [-0.2, -0.15) is 5.26 Å². The first-order valence-corrected chi connectivity index (χ1v) is 5.41. The van der Waals surface area contributed by atoms with Crippen LogP contribution in [0, 0.1) is 11.3 Å². The molecule has 1 rings (SSSR count). The number of aliphatic hydroxyl groups is 1. The average molecular weight is 268 g/mol. The normalized spacial score (nSPS) is 13.4. The summed E-state index contributed by atoms with van der Waals surface area (Å²) in [6.45, 7) is 1.26. The predicted molar refractivity (Wildman–Crippen MR) is 63.0 cm³/mol. The number of aliphatic carboxylic acids is 1. The maximum Gasteiger partial charge on any atom is 0.337 e. The van der Waals surface area contributed by atoms with E-state index in [1.54, 1.807) is 0 Å². The largest absolute Gasteiger partial charge is 0.479 e. The Hall–Kier alpha value is -1.90. The predicted octanol–water partition coefficient (Wildman–Crippen LogP) is 1.55. The van der Waals surface area contributed by atoms with Gasteiger partial charge in [-0.3, -0.25) is 4.79 Å². The topological polar surface area (TPSA) is 98.4 Å². The lowest BCUT2D eigenvalue weighted by molar-refractivity contribution is -0.146. The molecule has 0 radical (unpaired) electrons. The molecule has 0 aliphatic carbocycles. The van der Waals surface area contributed by atoms with Crippen molar-refractivity contribution < 1.29 is 19.8 Å². The minimum Gasteiger partial charge on any atom is -0.479 e. The van der Waals surface area contributed by atoms with Crippen LogP contribution in [-0.2, 0) is 9.59 Å². The number of benzene rings is 1. The molecule has 18 heavy (non-hydrogen) atoms. The Bertz CT molecular complexity index is 535. The Morgan fingerprint density at radius 3 is 2.50 bits per heavy atom. The Kier molecular flexibility index (Phi) is 4.43. The molecular weight excluding hydrogens is 258 g/mol. The van der Waals surface area contributed by atoms with Gasteiger partial charge in [0.2, 0.25) is 0 Å². The minimum atomic E-state index is -1.72. The van der Waals surface area contributed by atoms with Crippen LogP contribution in [0.2, 0.25) is 0 Å². The number of nitriles is 1. The van der Waals surface area contributed by atoms with Crippen molar-refractivity contribution in [2.75, 3.05) is 0 Å². The lowest BCUT2D eigenvalue weighted by Crippen LogP contribution is -2.12. The molecule has 94 valence electrons. The number of rotatable bonds is 4. The smallest absolute Gasteiger partial charge is 0.337 e. The summed E-state index contributed by atoms with van der Waals surface area (Å²) >= 11 is 5.85. The molecule has 0 saturated carbocycles. The number of ketones is 1. The molecule has 1 aromatic carbocycles. The van der Waals surface area contributed by atoms with Gasteiger partial charge in [0.15, 0.2) is 11.9 Å². The molecule has 0 aliphatic heterocycles. The Morgan fingerprint density at radius 1 is 1.44 bits per heavy atom. The van der Waals surface area contributed by atoms with Crippen LogP contribution in [0.5, 0.6) is 0 Å². The van der Waals surface area contributed by atoms with Crippen molar-refractivity contribution in [2.45, 2.75) is 18.4 Å². The molecule has 6 heteroatoms. The van der Waals surface area contributed by atoms with Gasteiger partial charge in [0.1, 0.15) is 5.38 Å². The molecule has 0 heterocycles. The molecule has 5 nitrogen and oxygen atoms in total. The van der Waals surface area contributed by atoms with Crippen LogP contribution < -0.4 is 0 Å². The summed E-state index contributed by atoms with van der Waals surface area (Å²) in [5, 5.41) is 25.9. The number of hydrogen-bond acceptors (Lipinski definition) is 4. The van der Waals surface area contributed by atoms with Gasteiger partial charge in [0.05, 0.1) is 11.6 Å². The quantitative estimate of drug-likeness (QED) is 0.807. The maximum absolute atomic E-state index is 11.2. The highest BCUT2D eigenvalue weighted by Crippen LogP contribution is 2.28. The van der Waals surface area contributed by atoms with Crippen LogP contribution in [0.15, 0.2) is 18.2 Å². The van der Waals surface area contributed by atoms with Crippen molar-refractivity contribution in [1.82, 2.24) is 0 Å². The van der Waals surface area contributed by atoms with Crippen molar-refractivity contribution in [3.63, 3.8) is 0 Å². The van der Waals surface area contributed by atoms with Gasteiger partial charge < -0.3 is 10.2 Å². The van der Waals surface area contributed by atoms with Crippen LogP contribution in [0.4, 0.5) is 0 Å². The van der Waals surface area contributed by atoms with E-state index in [4.69, 9.17) is 22.0 Å². The van der Waals surface area contributed by atoms with Gasteiger partial charge >= 0.3 is 5.97 Å². The Morgan fingerprint density at radius 2 is 2.06 bits per heavy atom. The SMILES string of the molecule is CC(=O)C(Cl)c1cc(C(O)C(=O)O)ccc1C#N. The molecule has 1 aromatic rings. The van der Waals surface area contributed by atoms with Gasteiger partial charge in [-0.25, -0.2) is 4.79 Å². The molecule has 2 atom stereocenters. The van der Waals surface area contributed by atoms with Crippen LogP contribution in [0.25, 0.3) is 0 Å². The van der Waals surface area contributed by atoms with E-state index in [0.29, 0.717) is 0 Å². The number of carboxylic acid groups (broad SMARTS) is 1. The van der Waals surface area contributed by atoms with Crippen molar-refractivity contribution in [3.8, 4) is 6.07 Å². The van der Waals surface area contributed by atoms with Crippen molar-refractivity contribution in [2.24, 2.45) is 0 Å². The molecular formula is C12H10ClNO4. The monoisotopic (exact) mass is 267 g/mol. The van der Waals surface area contributed by atoms with Gasteiger partial charge in [-0.15, -0.1) is 11.6 Å². The number of carbonyl (C=O) groups is 2. The number of alkyl halides is 1. The summed E-state index contributed by atoms with van der Waals surface area (Å²) in [5.74, 6) is -1.78. The Balaban J connectivity index is 3.31. The lowest BCUT2D eigenvalue weighted by atomic mass is 9.98. The maximum atomic E-state index is 11.2. The van der Waals surface area contributed by atoms with E-state index in [-0.39, 0.29) is 22.5 Å². The second-order valence-electron chi connectivity index (χ2n) is 3.67. The minimum absolute atomic E-state index is 0.0726. The first-order chi connectivity index (χ1) is 8.38. The molecule has 2 N–H and O–H groups in total. The molecule has 0 aliphatic rings. The third kappa shape index (κ3) is 2.86. The summed E-state index contributed by atoms with van der Waals surface area (Å²) in [6, 6.07) is 5.76. The fraction of sp³-hybridized carbons (Fsp3) is 0.250. The lowest BCUT2D eigenvalue weighted by Gasteiger charge is -2.12. The van der Waals surface area contributed by atoms with E-state index in [9.17, 15) is 14.7 Å². The zero-order valence-electron chi connectivity index (χ0n) is 9.42. The van der Waals surface area contributed by atoms with E-state index in [0.717, 1.165) is 0 Å². The van der Waals surface area contributed by atoms with Crippen molar-refractivity contribution >= 4 is 23.4 Å². The highest BCUT2D eigenvalue weighted by molar-refractivity contribution is 6.31. The second-order valence-corrected chi connectivity index (χ2v) is 4.11. The number of Topliss-reactive ketones (excluding diaryl/α,β-unsaturated/α-hetero) is 1. The van der Waals surface area contributed by atoms with Crippen LogP contribution in [0.3, 0.4) is 0 Å². The van der Waals surface area contributed by atoms with Gasteiger partial charge in [-0.1, -0.05) is 6.07 Å². The Labute approximate surface area is 108 Å². The summed E-state index contributed by atoms with van der Waals surface area (Å²) in [7, 11) is 0. The molecule has 0 spiro atoms. The molecule has 0 fully saturated rings. The molecule has 0 aromatic heterocycles. The van der Waals surface area contributed by atoms with Crippen LogP contribution >= 0.6 is 11.6 Å². The summed E-state index contributed by atoms with van der Waals surface area (Å²) < 4.78 is 0. The molecule has 0 bridgehead atoms. The van der Waals surface area contributed by atoms with Crippen molar-refractivity contribution in [3.05, 3.63) is 34.9 Å². The molecule has 0 amide bonds. The molecule has 2 unspecified atom stereocenters. The summed E-state index contributed by atoms with van der Waals surface area (Å²) in [5.41, 5.74) is 0.444. The van der Waals surface area contributed by atoms with E-state index in [1.165, 1.54) is 25.1 Å². The van der Waals surface area contributed by atoms with E-state index in [2.05, 4.69) is 0 Å².